The van der Waals surface area contributed by atoms with Crippen molar-refractivity contribution < 1.29 is 4.79 Å². The predicted molar refractivity (Wildman–Crippen MR) is 99.7 cm³/mol. The fraction of sp³-hybridized carbons (Fsp3) is 0.333. The third-order valence-electron chi connectivity index (χ3n) is 4.07. The van der Waals surface area contributed by atoms with Crippen LogP contribution in [0.15, 0.2) is 41.4 Å². The molecule has 24 heavy (non-hydrogen) atoms. The zero-order chi connectivity index (χ0) is 16.9. The summed E-state index contributed by atoms with van der Waals surface area (Å²) in [7, 11) is 1.76. The molecule has 2 aromatic rings. The fourth-order valence-electron chi connectivity index (χ4n) is 2.88. The summed E-state index contributed by atoms with van der Waals surface area (Å²) in [5.41, 5.74) is 2.09. The summed E-state index contributed by atoms with van der Waals surface area (Å²) >= 11 is 1.78. The average molecular weight is 342 g/mol. The molecule has 1 aromatic heterocycles. The Morgan fingerprint density at radius 3 is 2.88 bits per heavy atom. The molecule has 0 bridgehead atoms. The molecule has 1 atom stereocenters. The highest BCUT2D eigenvalue weighted by molar-refractivity contribution is 7.11. The number of guanidine groups is 1. The van der Waals surface area contributed by atoms with Crippen LogP contribution in [0, 0.1) is 6.92 Å². The minimum Gasteiger partial charge on any atom is -0.356 e. The van der Waals surface area contributed by atoms with Crippen molar-refractivity contribution in [3.8, 4) is 0 Å². The highest BCUT2D eigenvalue weighted by Crippen LogP contribution is 2.31. The van der Waals surface area contributed by atoms with E-state index in [1.807, 2.05) is 18.2 Å². The van der Waals surface area contributed by atoms with Crippen LogP contribution in [-0.2, 0) is 11.3 Å². The number of nitrogens with zero attached hydrogens (tertiary/aromatic N) is 1. The number of nitrogens with one attached hydrogen (secondary N) is 3. The van der Waals surface area contributed by atoms with Crippen LogP contribution in [-0.4, -0.2) is 25.5 Å². The summed E-state index contributed by atoms with van der Waals surface area (Å²) < 4.78 is 0. The number of anilines is 1. The molecule has 3 N–H and O–H groups in total. The quantitative estimate of drug-likeness (QED) is 0.591. The molecule has 0 spiro atoms. The van der Waals surface area contributed by atoms with Crippen LogP contribution < -0.4 is 16.0 Å². The van der Waals surface area contributed by atoms with E-state index < -0.39 is 0 Å². The van der Waals surface area contributed by atoms with Crippen LogP contribution >= 0.6 is 11.3 Å². The SMILES string of the molecule is CN=C(NCc1ccc(C)s1)NCC1CC(=O)Nc2ccccc21. The molecule has 0 radical (unpaired) electrons. The Bertz CT molecular complexity index is 753. The number of aliphatic imine (C=N–C) groups is 1. The molecule has 0 aliphatic carbocycles. The summed E-state index contributed by atoms with van der Waals surface area (Å²) in [5, 5.41) is 9.59. The number of amides is 1. The molecule has 1 amide bonds. The topological polar surface area (TPSA) is 65.5 Å². The first-order valence-electron chi connectivity index (χ1n) is 8.04. The van der Waals surface area contributed by atoms with Gasteiger partial charge in [-0.1, -0.05) is 18.2 Å². The van der Waals surface area contributed by atoms with Gasteiger partial charge in [0, 0.05) is 41.4 Å². The second-order valence-electron chi connectivity index (χ2n) is 5.86. The lowest BCUT2D eigenvalue weighted by Gasteiger charge is -2.26. The van der Waals surface area contributed by atoms with Gasteiger partial charge in [0.25, 0.3) is 0 Å². The lowest BCUT2D eigenvalue weighted by molar-refractivity contribution is -0.116. The number of carbonyl (C=O) groups excluding carboxylic acids is 1. The summed E-state index contributed by atoms with van der Waals surface area (Å²) in [4.78, 5) is 18.7. The molecule has 1 aliphatic heterocycles. The molecule has 6 heteroatoms. The predicted octanol–water partition coefficient (Wildman–Crippen LogP) is 2.85. The normalized spacial score (nSPS) is 17.2. The molecule has 1 unspecified atom stereocenters. The molecular formula is C18H22N4OS. The van der Waals surface area contributed by atoms with Crippen molar-refractivity contribution in [2.24, 2.45) is 4.99 Å². The van der Waals surface area contributed by atoms with Gasteiger partial charge < -0.3 is 16.0 Å². The first-order chi connectivity index (χ1) is 11.7. The first kappa shape index (κ1) is 16.5. The number of thiophene rings is 1. The van der Waals surface area contributed by atoms with Crippen molar-refractivity contribution in [2.75, 3.05) is 18.9 Å². The van der Waals surface area contributed by atoms with E-state index in [1.54, 1.807) is 18.4 Å². The maximum Gasteiger partial charge on any atom is 0.225 e. The zero-order valence-corrected chi connectivity index (χ0v) is 14.7. The van der Waals surface area contributed by atoms with Crippen molar-refractivity contribution in [1.82, 2.24) is 10.6 Å². The van der Waals surface area contributed by atoms with Gasteiger partial charge in [0.1, 0.15) is 0 Å². The second-order valence-corrected chi connectivity index (χ2v) is 7.23. The highest BCUT2D eigenvalue weighted by Gasteiger charge is 2.24. The zero-order valence-electron chi connectivity index (χ0n) is 13.9. The van der Waals surface area contributed by atoms with Crippen LogP contribution in [0.5, 0.6) is 0 Å². The lowest BCUT2D eigenvalue weighted by atomic mass is 9.90. The maximum absolute atomic E-state index is 11.9. The van der Waals surface area contributed by atoms with Gasteiger partial charge >= 0.3 is 0 Å². The fourth-order valence-corrected chi connectivity index (χ4v) is 3.71. The van der Waals surface area contributed by atoms with Gasteiger partial charge in [-0.2, -0.15) is 0 Å². The first-order valence-corrected chi connectivity index (χ1v) is 8.86. The van der Waals surface area contributed by atoms with E-state index in [0.717, 1.165) is 18.2 Å². The van der Waals surface area contributed by atoms with Crippen molar-refractivity contribution in [3.05, 3.63) is 51.7 Å². The third-order valence-corrected chi connectivity index (χ3v) is 5.07. The maximum atomic E-state index is 11.9. The Morgan fingerprint density at radius 1 is 1.29 bits per heavy atom. The number of para-hydroxylation sites is 1. The summed E-state index contributed by atoms with van der Waals surface area (Å²) in [6.07, 6.45) is 0.491. The molecule has 0 saturated carbocycles. The van der Waals surface area contributed by atoms with Gasteiger partial charge in [0.15, 0.2) is 5.96 Å². The summed E-state index contributed by atoms with van der Waals surface area (Å²) in [6, 6.07) is 12.2. The van der Waals surface area contributed by atoms with E-state index in [0.29, 0.717) is 13.0 Å². The monoisotopic (exact) mass is 342 g/mol. The molecule has 1 aromatic carbocycles. The van der Waals surface area contributed by atoms with E-state index in [4.69, 9.17) is 0 Å². The van der Waals surface area contributed by atoms with Gasteiger partial charge in [-0.25, -0.2) is 0 Å². The highest BCUT2D eigenvalue weighted by atomic mass is 32.1. The number of benzene rings is 1. The molecule has 2 heterocycles. The third kappa shape index (κ3) is 3.94. The van der Waals surface area contributed by atoms with E-state index in [1.165, 1.54) is 15.3 Å². The number of aryl methyl sites for hydroxylation is 1. The van der Waals surface area contributed by atoms with Gasteiger partial charge in [0.2, 0.25) is 5.91 Å². The van der Waals surface area contributed by atoms with Crippen molar-refractivity contribution in [2.45, 2.75) is 25.8 Å². The molecule has 5 nitrogen and oxygen atoms in total. The Morgan fingerprint density at radius 2 is 2.12 bits per heavy atom. The minimum atomic E-state index is 0.0671. The van der Waals surface area contributed by atoms with Gasteiger partial charge in [-0.3, -0.25) is 9.79 Å². The van der Waals surface area contributed by atoms with Gasteiger partial charge in [-0.05, 0) is 30.7 Å². The van der Waals surface area contributed by atoms with Crippen molar-refractivity contribution in [1.29, 1.82) is 0 Å². The molecule has 3 rings (SSSR count). The van der Waals surface area contributed by atoms with E-state index in [-0.39, 0.29) is 11.8 Å². The molecule has 1 aliphatic rings. The van der Waals surface area contributed by atoms with Gasteiger partial charge in [0.05, 0.1) is 6.54 Å². The Labute approximate surface area is 146 Å². The number of carbonyl (C=O) groups is 1. The van der Waals surface area contributed by atoms with E-state index >= 15 is 0 Å². The van der Waals surface area contributed by atoms with Crippen molar-refractivity contribution in [3.63, 3.8) is 0 Å². The van der Waals surface area contributed by atoms with E-state index in [2.05, 4.69) is 46.1 Å². The summed E-state index contributed by atoms with van der Waals surface area (Å²) in [6.45, 7) is 3.53. The van der Waals surface area contributed by atoms with Crippen molar-refractivity contribution >= 4 is 28.9 Å². The second kappa shape index (κ2) is 7.49. The largest absolute Gasteiger partial charge is 0.356 e. The average Bonchev–Trinajstić information content (AvgIpc) is 3.00. The standard InChI is InChI=1S/C18H22N4OS/c1-12-7-8-14(24-12)11-21-18(19-2)20-10-13-9-17(23)22-16-6-4-3-5-15(13)16/h3-8,13H,9-11H2,1-2H3,(H,22,23)(H2,19,20,21). The van der Waals surface area contributed by atoms with Gasteiger partial charge in [-0.15, -0.1) is 11.3 Å². The number of hydrogen-bond donors (Lipinski definition) is 3. The van der Waals surface area contributed by atoms with Crippen LogP contribution in [0.1, 0.15) is 27.7 Å². The number of fused-ring (bicyclic) bond motifs is 1. The Hall–Kier alpha value is -2.34. The summed E-state index contributed by atoms with van der Waals surface area (Å²) in [5.74, 6) is 0.972. The van der Waals surface area contributed by atoms with Crippen LogP contribution in [0.2, 0.25) is 0 Å². The lowest BCUT2D eigenvalue weighted by Crippen LogP contribution is -2.40. The molecule has 0 saturated heterocycles. The number of rotatable bonds is 4. The van der Waals surface area contributed by atoms with Crippen LogP contribution in [0.3, 0.4) is 0 Å². The molecular weight excluding hydrogens is 320 g/mol. The van der Waals surface area contributed by atoms with Crippen LogP contribution in [0.25, 0.3) is 0 Å². The molecule has 0 fully saturated rings. The molecule has 126 valence electrons. The Balaban J connectivity index is 1.59. The smallest absolute Gasteiger partial charge is 0.225 e. The Kier molecular flexibility index (Phi) is 5.15. The van der Waals surface area contributed by atoms with E-state index in [9.17, 15) is 4.79 Å². The van der Waals surface area contributed by atoms with Crippen LogP contribution in [0.4, 0.5) is 5.69 Å². The number of hydrogen-bond acceptors (Lipinski definition) is 3. The minimum absolute atomic E-state index is 0.0671.